The summed E-state index contributed by atoms with van der Waals surface area (Å²) in [6.07, 6.45) is 0. The largest absolute Gasteiger partial charge is 0.497 e. The third-order valence-electron chi connectivity index (χ3n) is 7.73. The first kappa shape index (κ1) is 29.4. The minimum atomic E-state index is 0.0531. The van der Waals surface area contributed by atoms with E-state index in [1.54, 1.807) is 25.0 Å². The number of nitrogen functional groups attached to an aromatic ring is 2. The van der Waals surface area contributed by atoms with E-state index in [1.807, 2.05) is 91.9 Å². The second-order valence-electron chi connectivity index (χ2n) is 10.4. The van der Waals surface area contributed by atoms with Crippen LogP contribution in [0.3, 0.4) is 0 Å². The van der Waals surface area contributed by atoms with E-state index >= 15 is 0 Å². The number of hydrogen-bond donors (Lipinski definition) is 2. The van der Waals surface area contributed by atoms with Gasteiger partial charge >= 0.3 is 0 Å². The van der Waals surface area contributed by atoms with Gasteiger partial charge in [-0.15, -0.1) is 0 Å². The molecule has 0 unspecified atom stereocenters. The summed E-state index contributed by atoms with van der Waals surface area (Å²) in [6.45, 7) is 1.91. The lowest BCUT2D eigenvalue weighted by molar-refractivity contribution is 0.415. The topological polar surface area (TPSA) is 162 Å². The van der Waals surface area contributed by atoms with Gasteiger partial charge in [0.1, 0.15) is 52.1 Å². The van der Waals surface area contributed by atoms with Crippen LogP contribution in [0.25, 0.3) is 50.6 Å². The van der Waals surface area contributed by atoms with Crippen LogP contribution in [0.2, 0.25) is 0 Å². The van der Waals surface area contributed by atoms with E-state index in [0.29, 0.717) is 51.0 Å². The molecule has 3 aromatic carbocycles. The van der Waals surface area contributed by atoms with E-state index in [2.05, 4.69) is 22.1 Å². The van der Waals surface area contributed by atoms with Gasteiger partial charge in [0.05, 0.1) is 31.3 Å². The van der Waals surface area contributed by atoms with Crippen molar-refractivity contribution in [2.24, 2.45) is 0 Å². The van der Waals surface area contributed by atoms with Gasteiger partial charge in [-0.3, -0.25) is 0 Å². The van der Waals surface area contributed by atoms with Crippen molar-refractivity contribution in [1.29, 1.82) is 10.5 Å². The number of para-hydroxylation sites is 1. The molecule has 3 aromatic heterocycles. The molecule has 0 atom stereocenters. The maximum atomic E-state index is 10.3. The molecule has 0 amide bonds. The number of anilines is 2. The fourth-order valence-corrected chi connectivity index (χ4v) is 5.40. The van der Waals surface area contributed by atoms with Gasteiger partial charge in [-0.2, -0.15) is 15.6 Å². The molecule has 0 radical (unpaired) electrons. The highest BCUT2D eigenvalue weighted by Crippen LogP contribution is 2.42. The molecule has 0 saturated carbocycles. The molecule has 0 aliphatic rings. The van der Waals surface area contributed by atoms with Gasteiger partial charge in [0.2, 0.25) is 0 Å². The summed E-state index contributed by atoms with van der Waals surface area (Å²) >= 11 is 0. The van der Waals surface area contributed by atoms with E-state index in [-0.39, 0.29) is 22.8 Å². The highest BCUT2D eigenvalue weighted by molar-refractivity contribution is 5.92. The highest BCUT2D eigenvalue weighted by Gasteiger charge is 2.27. The SMILES string of the molecule is COc1ccc(-c2cc(-c3nn(-c4ccccc4)c(C)c3-c3cc(-c4ccc(OC)cc4)nc(N)c3C#N)c(C#N)c(N)n2)cc1. The quantitative estimate of drug-likeness (QED) is 0.205. The maximum Gasteiger partial charge on any atom is 0.142 e. The standard InChI is InChI=1S/C36H28N8O2/c1-21-33(27-17-31(41-35(39)29(27)19-37)22-9-13-25(45-2)14-10-22)34(43-44(21)24-7-5-4-6-8-24)28-18-32(42-36(40)30(28)20-38)23-11-15-26(46-3)16-12-23/h4-18H,1-3H3,(H2,39,41)(H2,40,42). The van der Waals surface area contributed by atoms with Crippen molar-refractivity contribution in [3.8, 4) is 74.2 Å². The number of aromatic nitrogens is 4. The molecule has 224 valence electrons. The molecule has 0 aliphatic heterocycles. The Morgan fingerprint density at radius 3 is 1.63 bits per heavy atom. The minimum absolute atomic E-state index is 0.0531. The second-order valence-corrected chi connectivity index (χ2v) is 10.4. The highest BCUT2D eigenvalue weighted by atomic mass is 16.5. The van der Waals surface area contributed by atoms with Crippen molar-refractivity contribution in [2.75, 3.05) is 25.7 Å². The van der Waals surface area contributed by atoms with Crippen molar-refractivity contribution >= 4 is 11.6 Å². The summed E-state index contributed by atoms with van der Waals surface area (Å²) < 4.78 is 12.4. The first-order chi connectivity index (χ1) is 22.4. The zero-order valence-electron chi connectivity index (χ0n) is 25.3. The average molecular weight is 605 g/mol. The average Bonchev–Trinajstić information content (AvgIpc) is 3.44. The van der Waals surface area contributed by atoms with E-state index in [9.17, 15) is 10.5 Å². The fourth-order valence-electron chi connectivity index (χ4n) is 5.40. The van der Waals surface area contributed by atoms with E-state index in [4.69, 9.17) is 26.0 Å². The van der Waals surface area contributed by atoms with Crippen LogP contribution in [0, 0.1) is 29.6 Å². The molecule has 3 heterocycles. The minimum Gasteiger partial charge on any atom is -0.497 e. The van der Waals surface area contributed by atoms with E-state index in [1.165, 1.54) is 0 Å². The van der Waals surface area contributed by atoms with Gasteiger partial charge in [0, 0.05) is 33.5 Å². The van der Waals surface area contributed by atoms with Crippen molar-refractivity contribution < 1.29 is 9.47 Å². The molecule has 0 fully saturated rings. The van der Waals surface area contributed by atoms with Gasteiger partial charge in [-0.1, -0.05) is 18.2 Å². The number of nitriles is 2. The number of nitrogens with zero attached hydrogens (tertiary/aromatic N) is 6. The summed E-state index contributed by atoms with van der Waals surface area (Å²) in [5.41, 5.74) is 19.4. The first-order valence-electron chi connectivity index (χ1n) is 14.2. The van der Waals surface area contributed by atoms with Crippen LogP contribution in [0.5, 0.6) is 11.5 Å². The monoisotopic (exact) mass is 604 g/mol. The van der Waals surface area contributed by atoms with Gasteiger partial charge in [0.25, 0.3) is 0 Å². The number of rotatable bonds is 7. The Morgan fingerprint density at radius 2 is 1.15 bits per heavy atom. The third-order valence-corrected chi connectivity index (χ3v) is 7.73. The first-order valence-corrected chi connectivity index (χ1v) is 14.2. The van der Waals surface area contributed by atoms with Crippen molar-refractivity contribution in [1.82, 2.24) is 19.7 Å². The predicted octanol–water partition coefficient (Wildman–Crippen LogP) is 6.56. The molecular formula is C36H28N8O2. The van der Waals surface area contributed by atoms with Crippen LogP contribution in [-0.4, -0.2) is 34.0 Å². The Bertz CT molecular complexity index is 2160. The normalized spacial score (nSPS) is 10.6. The summed E-state index contributed by atoms with van der Waals surface area (Å²) in [5.74, 6) is 1.51. The molecule has 10 heteroatoms. The summed E-state index contributed by atoms with van der Waals surface area (Å²) in [5, 5.41) is 25.7. The molecular weight excluding hydrogens is 576 g/mol. The molecule has 6 rings (SSSR count). The molecule has 0 bridgehead atoms. The predicted molar refractivity (Wildman–Crippen MR) is 177 cm³/mol. The molecule has 10 nitrogen and oxygen atoms in total. The number of benzene rings is 3. The van der Waals surface area contributed by atoms with E-state index in [0.717, 1.165) is 16.8 Å². The van der Waals surface area contributed by atoms with Crippen LogP contribution in [0.4, 0.5) is 11.6 Å². The Labute approximate surface area is 265 Å². The van der Waals surface area contributed by atoms with Crippen LogP contribution in [0.1, 0.15) is 16.8 Å². The number of methoxy groups -OCH3 is 2. The van der Waals surface area contributed by atoms with Crippen molar-refractivity contribution in [3.63, 3.8) is 0 Å². The number of hydrogen-bond acceptors (Lipinski definition) is 9. The summed E-state index contributed by atoms with van der Waals surface area (Å²) in [6, 6.07) is 32.5. The zero-order valence-corrected chi connectivity index (χ0v) is 25.3. The Kier molecular flexibility index (Phi) is 7.77. The lowest BCUT2D eigenvalue weighted by atomic mass is 9.92. The molecule has 0 aliphatic carbocycles. The Morgan fingerprint density at radius 1 is 0.674 bits per heavy atom. The Balaban J connectivity index is 1.67. The third kappa shape index (κ3) is 5.21. The number of nitrogens with two attached hydrogens (primary N) is 2. The van der Waals surface area contributed by atoms with Crippen LogP contribution in [0.15, 0.2) is 91.0 Å². The van der Waals surface area contributed by atoms with Gasteiger partial charge in [-0.05, 0) is 79.7 Å². The second kappa shape index (κ2) is 12.2. The lowest BCUT2D eigenvalue weighted by Gasteiger charge is -2.14. The molecule has 46 heavy (non-hydrogen) atoms. The number of ether oxygens (including phenoxy) is 2. The molecule has 6 aromatic rings. The van der Waals surface area contributed by atoms with Crippen LogP contribution in [-0.2, 0) is 0 Å². The number of pyridine rings is 2. The fraction of sp³-hybridized carbons (Fsp3) is 0.0833. The summed E-state index contributed by atoms with van der Waals surface area (Å²) in [7, 11) is 3.20. The molecule has 4 N–H and O–H groups in total. The van der Waals surface area contributed by atoms with Gasteiger partial charge in [0.15, 0.2) is 0 Å². The van der Waals surface area contributed by atoms with Crippen LogP contribution >= 0.6 is 0 Å². The zero-order chi connectivity index (χ0) is 32.4. The molecule has 0 saturated heterocycles. The van der Waals surface area contributed by atoms with Crippen molar-refractivity contribution in [3.05, 3.63) is 108 Å². The van der Waals surface area contributed by atoms with Crippen LogP contribution < -0.4 is 20.9 Å². The van der Waals surface area contributed by atoms with Gasteiger partial charge in [-0.25, -0.2) is 14.6 Å². The maximum absolute atomic E-state index is 10.3. The molecule has 0 spiro atoms. The van der Waals surface area contributed by atoms with Gasteiger partial charge < -0.3 is 20.9 Å². The van der Waals surface area contributed by atoms with E-state index < -0.39 is 0 Å². The van der Waals surface area contributed by atoms with Crippen molar-refractivity contribution in [2.45, 2.75) is 6.92 Å². The lowest BCUT2D eigenvalue weighted by Crippen LogP contribution is -2.02. The smallest absolute Gasteiger partial charge is 0.142 e. The Hall–Kier alpha value is -6.65. The summed E-state index contributed by atoms with van der Waals surface area (Å²) in [4.78, 5) is 9.11.